The number of aryl methyl sites for hydroxylation is 1. The van der Waals surface area contributed by atoms with Gasteiger partial charge >= 0.3 is 5.69 Å². The first-order chi connectivity index (χ1) is 18.5. The standard InChI is InChI=1S/C26H24ClF4N7O/c1-11(2)21-23(12(3)4-5-34-21)38-25-13(24(36-26(38)39)37-8-6-33-7-9-37)10-14(28)22(35-25)15-17(29)19(31)18(30)16(27)20(15)32/h4-5,10-11,33H,6-9,32H2,1-3H3. The van der Waals surface area contributed by atoms with Crippen molar-refractivity contribution in [1.82, 2.24) is 24.8 Å². The Hall–Kier alpha value is -3.77. The van der Waals surface area contributed by atoms with E-state index in [0.717, 1.165) is 6.07 Å². The van der Waals surface area contributed by atoms with E-state index in [1.165, 1.54) is 4.57 Å². The van der Waals surface area contributed by atoms with Crippen molar-refractivity contribution >= 4 is 34.1 Å². The molecular formula is C26H24ClF4N7O. The normalized spacial score (nSPS) is 14.0. The number of hydrogen-bond acceptors (Lipinski definition) is 7. The zero-order valence-electron chi connectivity index (χ0n) is 21.2. The molecule has 1 saturated heterocycles. The lowest BCUT2D eigenvalue weighted by Crippen LogP contribution is -2.45. The summed E-state index contributed by atoms with van der Waals surface area (Å²) >= 11 is 5.79. The van der Waals surface area contributed by atoms with Gasteiger partial charge in [0.25, 0.3) is 0 Å². The summed E-state index contributed by atoms with van der Waals surface area (Å²) in [6.45, 7) is 7.72. The minimum atomic E-state index is -1.93. The zero-order valence-corrected chi connectivity index (χ0v) is 22.0. The number of rotatable bonds is 4. The molecule has 1 aromatic carbocycles. The van der Waals surface area contributed by atoms with E-state index in [4.69, 9.17) is 17.3 Å². The van der Waals surface area contributed by atoms with Crippen LogP contribution in [0.2, 0.25) is 5.02 Å². The van der Waals surface area contributed by atoms with Crippen LogP contribution >= 0.6 is 11.6 Å². The predicted octanol–water partition coefficient (Wildman–Crippen LogP) is 4.48. The number of benzene rings is 1. The van der Waals surface area contributed by atoms with Gasteiger partial charge in [-0.1, -0.05) is 25.4 Å². The molecule has 0 amide bonds. The van der Waals surface area contributed by atoms with E-state index in [2.05, 4.69) is 20.3 Å². The highest BCUT2D eigenvalue weighted by atomic mass is 35.5. The Labute approximate surface area is 225 Å². The molecule has 13 heteroatoms. The molecule has 1 aliphatic rings. The van der Waals surface area contributed by atoms with Gasteiger partial charge in [-0.15, -0.1) is 0 Å². The predicted molar refractivity (Wildman–Crippen MR) is 142 cm³/mol. The number of halogens is 5. The lowest BCUT2D eigenvalue weighted by atomic mass is 10.0. The third kappa shape index (κ3) is 4.37. The number of nitrogens with zero attached hydrogens (tertiary/aromatic N) is 5. The number of nitrogens with one attached hydrogen (secondary N) is 1. The van der Waals surface area contributed by atoms with Crippen LogP contribution in [-0.2, 0) is 0 Å². The monoisotopic (exact) mass is 561 g/mol. The molecule has 0 aliphatic carbocycles. The van der Waals surface area contributed by atoms with Crippen LogP contribution in [0.15, 0.2) is 23.1 Å². The van der Waals surface area contributed by atoms with Gasteiger partial charge in [0.15, 0.2) is 28.9 Å². The summed E-state index contributed by atoms with van der Waals surface area (Å²) in [6.07, 6.45) is 1.60. The molecule has 0 bridgehead atoms. The van der Waals surface area contributed by atoms with Crippen LogP contribution in [0.4, 0.5) is 29.1 Å². The number of anilines is 2. The van der Waals surface area contributed by atoms with Gasteiger partial charge in [-0.2, -0.15) is 4.98 Å². The maximum atomic E-state index is 15.7. The van der Waals surface area contributed by atoms with Gasteiger partial charge in [-0.25, -0.2) is 31.9 Å². The lowest BCUT2D eigenvalue weighted by molar-refractivity contribution is 0.449. The summed E-state index contributed by atoms with van der Waals surface area (Å²) in [5, 5.41) is 2.44. The molecule has 0 unspecified atom stereocenters. The second kappa shape index (κ2) is 10.1. The Balaban J connectivity index is 1.94. The molecule has 8 nitrogen and oxygen atoms in total. The quantitative estimate of drug-likeness (QED) is 0.164. The Morgan fingerprint density at radius 1 is 1.08 bits per heavy atom. The summed E-state index contributed by atoms with van der Waals surface area (Å²) in [5.74, 6) is -6.42. The first-order valence-electron chi connectivity index (χ1n) is 12.2. The maximum Gasteiger partial charge on any atom is 0.355 e. The summed E-state index contributed by atoms with van der Waals surface area (Å²) < 4.78 is 60.3. The van der Waals surface area contributed by atoms with E-state index in [1.54, 1.807) is 19.2 Å². The smallest absolute Gasteiger partial charge is 0.355 e. The topological polar surface area (TPSA) is 102 Å². The lowest BCUT2D eigenvalue weighted by Gasteiger charge is -2.29. The van der Waals surface area contributed by atoms with Gasteiger partial charge in [-0.05, 0) is 30.5 Å². The molecule has 0 radical (unpaired) electrons. The third-order valence-electron chi connectivity index (χ3n) is 6.68. The molecule has 3 aromatic heterocycles. The molecule has 4 aromatic rings. The summed E-state index contributed by atoms with van der Waals surface area (Å²) in [5.41, 5.74) is 4.26. The van der Waals surface area contributed by atoms with Gasteiger partial charge in [-0.3, -0.25) is 4.98 Å². The second-order valence-electron chi connectivity index (χ2n) is 9.54. The zero-order chi connectivity index (χ0) is 28.2. The number of fused-ring (bicyclic) bond motifs is 1. The van der Waals surface area contributed by atoms with Crippen LogP contribution in [0.5, 0.6) is 0 Å². The van der Waals surface area contributed by atoms with Gasteiger partial charge in [0.05, 0.1) is 28.0 Å². The molecule has 0 saturated carbocycles. The number of nitrogens with two attached hydrogens (primary N) is 1. The van der Waals surface area contributed by atoms with Crippen LogP contribution in [-0.4, -0.2) is 45.7 Å². The third-order valence-corrected chi connectivity index (χ3v) is 7.05. The van der Waals surface area contributed by atoms with Crippen LogP contribution in [0, 0.1) is 30.2 Å². The summed E-state index contributed by atoms with van der Waals surface area (Å²) in [4.78, 5) is 28.5. The Bertz CT molecular complexity index is 1660. The van der Waals surface area contributed by atoms with E-state index in [0.29, 0.717) is 43.1 Å². The van der Waals surface area contributed by atoms with Crippen molar-refractivity contribution in [2.45, 2.75) is 26.7 Å². The number of aromatic nitrogens is 4. The Morgan fingerprint density at radius 2 is 1.77 bits per heavy atom. The fourth-order valence-corrected chi connectivity index (χ4v) is 4.94. The molecule has 1 fully saturated rings. The number of piperazine rings is 1. The number of nitrogen functional groups attached to an aromatic ring is 1. The van der Waals surface area contributed by atoms with Crippen molar-refractivity contribution in [2.24, 2.45) is 0 Å². The average Bonchev–Trinajstić information content (AvgIpc) is 2.92. The first-order valence-corrected chi connectivity index (χ1v) is 12.6. The van der Waals surface area contributed by atoms with E-state index in [1.807, 2.05) is 18.7 Å². The Morgan fingerprint density at radius 3 is 2.44 bits per heavy atom. The van der Waals surface area contributed by atoms with Gasteiger partial charge in [0, 0.05) is 32.4 Å². The molecule has 4 heterocycles. The van der Waals surface area contributed by atoms with Crippen molar-refractivity contribution in [1.29, 1.82) is 0 Å². The minimum absolute atomic E-state index is 0.0856. The van der Waals surface area contributed by atoms with Gasteiger partial charge in [0.1, 0.15) is 16.5 Å². The van der Waals surface area contributed by atoms with Crippen LogP contribution in [0.3, 0.4) is 0 Å². The van der Waals surface area contributed by atoms with Crippen molar-refractivity contribution < 1.29 is 17.6 Å². The molecule has 1 aliphatic heterocycles. The molecule has 0 spiro atoms. The van der Waals surface area contributed by atoms with Gasteiger partial charge in [0.2, 0.25) is 0 Å². The fraction of sp³-hybridized carbons (Fsp3) is 0.308. The molecular weight excluding hydrogens is 538 g/mol. The van der Waals surface area contributed by atoms with Crippen molar-refractivity contribution in [2.75, 3.05) is 36.8 Å². The van der Waals surface area contributed by atoms with Crippen LogP contribution in [0.25, 0.3) is 28.0 Å². The second-order valence-corrected chi connectivity index (χ2v) is 9.92. The average molecular weight is 562 g/mol. The highest BCUT2D eigenvalue weighted by Crippen LogP contribution is 2.40. The molecule has 39 heavy (non-hydrogen) atoms. The molecule has 3 N–H and O–H groups in total. The minimum Gasteiger partial charge on any atom is -0.397 e. The van der Waals surface area contributed by atoms with E-state index >= 15 is 8.78 Å². The van der Waals surface area contributed by atoms with Crippen LogP contribution in [0.1, 0.15) is 31.0 Å². The van der Waals surface area contributed by atoms with Crippen molar-refractivity contribution in [3.8, 4) is 16.9 Å². The molecule has 5 rings (SSSR count). The maximum absolute atomic E-state index is 15.7. The molecule has 204 valence electrons. The van der Waals surface area contributed by atoms with Crippen molar-refractivity contribution in [3.63, 3.8) is 0 Å². The fourth-order valence-electron chi connectivity index (χ4n) is 4.77. The van der Waals surface area contributed by atoms with E-state index in [9.17, 15) is 13.6 Å². The van der Waals surface area contributed by atoms with Crippen LogP contribution < -0.4 is 21.6 Å². The SMILES string of the molecule is Cc1ccnc(C(C)C)c1-n1c(=O)nc(N2CCNCC2)c2cc(F)c(-c3c(N)c(Cl)c(F)c(F)c3F)nc21. The van der Waals surface area contributed by atoms with Gasteiger partial charge < -0.3 is 16.0 Å². The summed E-state index contributed by atoms with van der Waals surface area (Å²) in [7, 11) is 0. The first kappa shape index (κ1) is 26.8. The highest BCUT2D eigenvalue weighted by Gasteiger charge is 2.29. The largest absolute Gasteiger partial charge is 0.397 e. The highest BCUT2D eigenvalue weighted by molar-refractivity contribution is 6.34. The summed E-state index contributed by atoms with van der Waals surface area (Å²) in [6, 6.07) is 2.73. The number of pyridine rings is 2. The molecule has 0 atom stereocenters. The van der Waals surface area contributed by atoms with E-state index < -0.39 is 50.9 Å². The van der Waals surface area contributed by atoms with Crippen molar-refractivity contribution in [3.05, 3.63) is 68.4 Å². The van der Waals surface area contributed by atoms with E-state index in [-0.39, 0.29) is 22.8 Å². The number of hydrogen-bond donors (Lipinski definition) is 2. The Kier molecular flexibility index (Phi) is 6.93.